The first kappa shape index (κ1) is 20.7. The highest BCUT2D eigenvalue weighted by molar-refractivity contribution is 14.0. The summed E-state index contributed by atoms with van der Waals surface area (Å²) >= 11 is 0. The fourth-order valence-corrected chi connectivity index (χ4v) is 2.32. The third-order valence-electron chi connectivity index (χ3n) is 3.91. The molecule has 1 aromatic rings. The number of rotatable bonds is 7. The van der Waals surface area contributed by atoms with E-state index in [4.69, 9.17) is 0 Å². The molecule has 2 N–H and O–H groups in total. The Bertz CT molecular complexity index is 538. The minimum atomic E-state index is 0. The lowest BCUT2D eigenvalue weighted by atomic mass is 10.1. The van der Waals surface area contributed by atoms with Crippen LogP contribution >= 0.6 is 24.0 Å². The van der Waals surface area contributed by atoms with Gasteiger partial charge in [0.25, 0.3) is 5.91 Å². The van der Waals surface area contributed by atoms with E-state index in [2.05, 4.69) is 22.5 Å². The van der Waals surface area contributed by atoms with E-state index in [-0.39, 0.29) is 29.9 Å². The third kappa shape index (κ3) is 7.07. The Morgan fingerprint density at radius 3 is 2.42 bits per heavy atom. The highest BCUT2D eigenvalue weighted by Crippen LogP contribution is 2.31. The molecule has 0 aliphatic heterocycles. The van der Waals surface area contributed by atoms with Crippen LogP contribution in [0.25, 0.3) is 0 Å². The molecular formula is C18H29IN4O. The number of carbonyl (C=O) groups is 1. The van der Waals surface area contributed by atoms with Crippen LogP contribution in [0.15, 0.2) is 29.3 Å². The number of halogens is 1. The smallest absolute Gasteiger partial charge is 0.253 e. The van der Waals surface area contributed by atoms with E-state index in [0.717, 1.165) is 30.5 Å². The van der Waals surface area contributed by atoms with Gasteiger partial charge < -0.3 is 15.5 Å². The number of hydrogen-bond donors (Lipinski definition) is 2. The van der Waals surface area contributed by atoms with Gasteiger partial charge in [-0.25, -0.2) is 4.99 Å². The Balaban J connectivity index is 0.00000288. The van der Waals surface area contributed by atoms with Crippen LogP contribution in [0.4, 0.5) is 0 Å². The van der Waals surface area contributed by atoms with Crippen molar-refractivity contribution >= 4 is 35.8 Å². The molecule has 1 aliphatic carbocycles. The minimum absolute atomic E-state index is 0. The first-order valence-corrected chi connectivity index (χ1v) is 8.43. The van der Waals surface area contributed by atoms with Gasteiger partial charge >= 0.3 is 0 Å². The highest BCUT2D eigenvalue weighted by Gasteiger charge is 2.20. The van der Waals surface area contributed by atoms with Crippen molar-refractivity contribution in [1.29, 1.82) is 0 Å². The van der Waals surface area contributed by atoms with E-state index >= 15 is 0 Å². The second-order valence-electron chi connectivity index (χ2n) is 6.25. The predicted octanol–water partition coefficient (Wildman–Crippen LogP) is 2.86. The van der Waals surface area contributed by atoms with Crippen LogP contribution in [-0.4, -0.2) is 44.0 Å². The van der Waals surface area contributed by atoms with Crippen molar-refractivity contribution in [2.45, 2.75) is 32.7 Å². The standard InChI is InChI=1S/C18H28N4O.HI/c1-4-19-18(20-12-11-14-5-6-14)21-13-15-7-9-16(10-8-15)17(23)22(2)3;/h7-10,14H,4-6,11-13H2,1-3H3,(H2,19,20,21);1H. The largest absolute Gasteiger partial charge is 0.357 e. The van der Waals surface area contributed by atoms with E-state index in [0.29, 0.717) is 12.1 Å². The fourth-order valence-electron chi connectivity index (χ4n) is 2.32. The van der Waals surface area contributed by atoms with Gasteiger partial charge in [-0.3, -0.25) is 4.79 Å². The molecule has 0 aromatic heterocycles. The van der Waals surface area contributed by atoms with Crippen LogP contribution in [0.2, 0.25) is 0 Å². The zero-order valence-electron chi connectivity index (χ0n) is 14.8. The first-order valence-electron chi connectivity index (χ1n) is 8.43. The van der Waals surface area contributed by atoms with Crippen LogP contribution in [-0.2, 0) is 6.54 Å². The van der Waals surface area contributed by atoms with Crippen LogP contribution in [0.5, 0.6) is 0 Å². The van der Waals surface area contributed by atoms with Gasteiger partial charge in [0.2, 0.25) is 0 Å². The minimum Gasteiger partial charge on any atom is -0.357 e. The number of carbonyl (C=O) groups excluding carboxylic acids is 1. The van der Waals surface area contributed by atoms with Crippen LogP contribution < -0.4 is 10.6 Å². The summed E-state index contributed by atoms with van der Waals surface area (Å²) in [6.07, 6.45) is 3.99. The molecule has 1 aromatic carbocycles. The molecule has 0 saturated heterocycles. The molecule has 0 atom stereocenters. The highest BCUT2D eigenvalue weighted by atomic mass is 127. The average molecular weight is 444 g/mol. The van der Waals surface area contributed by atoms with Crippen molar-refractivity contribution < 1.29 is 4.79 Å². The average Bonchev–Trinajstić information content (AvgIpc) is 3.36. The zero-order chi connectivity index (χ0) is 16.7. The number of amides is 1. The number of hydrogen-bond acceptors (Lipinski definition) is 2. The third-order valence-corrected chi connectivity index (χ3v) is 3.91. The molecule has 24 heavy (non-hydrogen) atoms. The van der Waals surface area contributed by atoms with E-state index in [9.17, 15) is 4.79 Å². The van der Waals surface area contributed by atoms with Crippen molar-refractivity contribution in [1.82, 2.24) is 15.5 Å². The van der Waals surface area contributed by atoms with Crippen LogP contribution in [0, 0.1) is 5.92 Å². The molecule has 0 spiro atoms. The summed E-state index contributed by atoms with van der Waals surface area (Å²) in [4.78, 5) is 18.1. The van der Waals surface area contributed by atoms with Gasteiger partial charge in [-0.05, 0) is 37.0 Å². The van der Waals surface area contributed by atoms with Crippen LogP contribution in [0.1, 0.15) is 42.1 Å². The Morgan fingerprint density at radius 1 is 1.21 bits per heavy atom. The number of nitrogens with zero attached hydrogens (tertiary/aromatic N) is 2. The number of nitrogens with one attached hydrogen (secondary N) is 2. The SMILES string of the molecule is CCNC(=NCc1ccc(C(=O)N(C)C)cc1)NCCC1CC1.I. The predicted molar refractivity (Wildman–Crippen MR) is 110 cm³/mol. The molecule has 1 aliphatic rings. The lowest BCUT2D eigenvalue weighted by molar-refractivity contribution is 0.0827. The molecule has 0 radical (unpaired) electrons. The Labute approximate surface area is 162 Å². The molecule has 5 nitrogen and oxygen atoms in total. The summed E-state index contributed by atoms with van der Waals surface area (Å²) in [6.45, 7) is 4.51. The van der Waals surface area contributed by atoms with Gasteiger partial charge in [-0.1, -0.05) is 25.0 Å². The van der Waals surface area contributed by atoms with E-state index in [1.807, 2.05) is 24.3 Å². The molecule has 6 heteroatoms. The summed E-state index contributed by atoms with van der Waals surface area (Å²) in [7, 11) is 3.52. The second kappa shape index (κ2) is 10.5. The lowest BCUT2D eigenvalue weighted by Gasteiger charge is -2.12. The molecule has 0 heterocycles. The number of aliphatic imine (C=N–C) groups is 1. The summed E-state index contributed by atoms with van der Waals surface area (Å²) in [5.74, 6) is 1.81. The molecule has 134 valence electrons. The molecule has 0 unspecified atom stereocenters. The molecule has 1 saturated carbocycles. The normalized spacial score (nSPS) is 13.9. The summed E-state index contributed by atoms with van der Waals surface area (Å²) in [5.41, 5.74) is 1.80. The van der Waals surface area contributed by atoms with Gasteiger partial charge in [0, 0.05) is 32.7 Å². The molecule has 0 bridgehead atoms. The molecule has 1 fully saturated rings. The van der Waals surface area contributed by atoms with Gasteiger partial charge in [-0.15, -0.1) is 24.0 Å². The van der Waals surface area contributed by atoms with Crippen molar-refractivity contribution in [3.63, 3.8) is 0 Å². The fraction of sp³-hybridized carbons (Fsp3) is 0.556. The Hall–Kier alpha value is -1.31. The summed E-state index contributed by atoms with van der Waals surface area (Å²) in [5, 5.41) is 6.65. The Morgan fingerprint density at radius 2 is 1.88 bits per heavy atom. The summed E-state index contributed by atoms with van der Waals surface area (Å²) < 4.78 is 0. The molecule has 2 rings (SSSR count). The van der Waals surface area contributed by atoms with Gasteiger partial charge in [-0.2, -0.15) is 0 Å². The maximum Gasteiger partial charge on any atom is 0.253 e. The van der Waals surface area contributed by atoms with Gasteiger partial charge in [0.1, 0.15) is 0 Å². The Kier molecular flexibility index (Phi) is 9.10. The van der Waals surface area contributed by atoms with Crippen molar-refractivity contribution in [3.8, 4) is 0 Å². The quantitative estimate of drug-likeness (QED) is 0.387. The monoisotopic (exact) mass is 444 g/mol. The van der Waals surface area contributed by atoms with Gasteiger partial charge in [0.15, 0.2) is 5.96 Å². The number of guanidine groups is 1. The van der Waals surface area contributed by atoms with Crippen molar-refractivity contribution in [3.05, 3.63) is 35.4 Å². The zero-order valence-corrected chi connectivity index (χ0v) is 17.2. The number of benzene rings is 1. The molecular weight excluding hydrogens is 415 g/mol. The van der Waals surface area contributed by atoms with E-state index in [1.54, 1.807) is 19.0 Å². The van der Waals surface area contributed by atoms with Crippen molar-refractivity contribution in [2.75, 3.05) is 27.2 Å². The molecule has 1 amide bonds. The van der Waals surface area contributed by atoms with Gasteiger partial charge in [0.05, 0.1) is 6.54 Å². The lowest BCUT2D eigenvalue weighted by Crippen LogP contribution is -2.37. The van der Waals surface area contributed by atoms with E-state index in [1.165, 1.54) is 19.3 Å². The second-order valence-corrected chi connectivity index (χ2v) is 6.25. The van der Waals surface area contributed by atoms with E-state index < -0.39 is 0 Å². The van der Waals surface area contributed by atoms with Crippen molar-refractivity contribution in [2.24, 2.45) is 10.9 Å². The topological polar surface area (TPSA) is 56.7 Å². The first-order chi connectivity index (χ1) is 11.1. The van der Waals surface area contributed by atoms with Crippen LogP contribution in [0.3, 0.4) is 0 Å². The maximum atomic E-state index is 11.9. The summed E-state index contributed by atoms with van der Waals surface area (Å²) in [6, 6.07) is 7.66. The maximum absolute atomic E-state index is 11.9.